The Hall–Kier alpha value is -0.441. The molecule has 1 rings (SSSR count). The zero-order chi connectivity index (χ0) is 17.0. The fourth-order valence-electron chi connectivity index (χ4n) is 3.15. The second-order valence-corrected chi connectivity index (χ2v) is 18.2. The summed E-state index contributed by atoms with van der Waals surface area (Å²) in [5.41, 5.74) is 1.25. The summed E-state index contributed by atoms with van der Waals surface area (Å²) in [6.07, 6.45) is 10.1. The summed E-state index contributed by atoms with van der Waals surface area (Å²) in [7, 11) is 0. The summed E-state index contributed by atoms with van der Waals surface area (Å²) in [6.45, 7) is 9.05. The molecule has 1 aromatic carbocycles. The Bertz CT molecular complexity index is 417. The minimum atomic E-state index is -2.57. The van der Waals surface area contributed by atoms with E-state index in [1.807, 2.05) is 0 Å². The van der Waals surface area contributed by atoms with Crippen LogP contribution < -0.4 is 0 Å². The first-order valence-corrected chi connectivity index (χ1v) is 16.8. The summed E-state index contributed by atoms with van der Waals surface area (Å²) in [5.74, 6) is 1.14. The van der Waals surface area contributed by atoms with Gasteiger partial charge in [0.1, 0.15) is 0 Å². The number of hydrogen-bond donors (Lipinski definition) is 0. The van der Waals surface area contributed by atoms with E-state index in [9.17, 15) is 0 Å². The zero-order valence-electron chi connectivity index (χ0n) is 15.7. The second kappa shape index (κ2) is 12.0. The predicted octanol–water partition coefficient (Wildman–Crippen LogP) is 7.41. The molecule has 0 aliphatic rings. The molecule has 0 bridgehead atoms. The maximum atomic E-state index is 6.95. The number of allylic oxidation sites excluding steroid dienone is 1. The second-order valence-electron chi connectivity index (χ2n) is 6.61. The van der Waals surface area contributed by atoms with Crippen molar-refractivity contribution >= 4 is 24.6 Å². The van der Waals surface area contributed by atoms with Crippen molar-refractivity contribution in [3.05, 3.63) is 42.0 Å². The van der Waals surface area contributed by atoms with Crippen LogP contribution in [0.25, 0.3) is 5.76 Å². The van der Waals surface area contributed by atoms with E-state index in [1.165, 1.54) is 57.4 Å². The third-order valence-corrected chi connectivity index (χ3v) is 17.3. The summed E-state index contributed by atoms with van der Waals surface area (Å²) in [6, 6.07) is 10.7. The van der Waals surface area contributed by atoms with E-state index in [2.05, 4.69) is 64.1 Å². The van der Waals surface area contributed by atoms with Crippen LogP contribution in [0.1, 0.15) is 71.8 Å². The van der Waals surface area contributed by atoms with E-state index >= 15 is 0 Å². The van der Waals surface area contributed by atoms with Crippen LogP contribution in [0.15, 0.2) is 36.4 Å². The Balaban J connectivity index is 2.98. The molecule has 1 aromatic rings. The first kappa shape index (κ1) is 20.6. The number of unbranched alkanes of at least 4 members (excludes halogenated alkanes) is 3. The van der Waals surface area contributed by atoms with E-state index in [4.69, 9.17) is 3.07 Å². The molecular weight excluding hydrogens is 387 g/mol. The zero-order valence-corrected chi connectivity index (χ0v) is 18.6. The van der Waals surface area contributed by atoms with Crippen LogP contribution in [-0.4, -0.2) is 18.8 Å². The molecule has 0 aromatic heterocycles. The van der Waals surface area contributed by atoms with Crippen molar-refractivity contribution in [1.29, 1.82) is 0 Å². The van der Waals surface area contributed by atoms with Gasteiger partial charge in [-0.3, -0.25) is 0 Å². The third kappa shape index (κ3) is 7.32. The van der Waals surface area contributed by atoms with Crippen LogP contribution in [0, 0.1) is 0 Å². The van der Waals surface area contributed by atoms with Gasteiger partial charge in [0.2, 0.25) is 0 Å². The Morgan fingerprint density at radius 2 is 1.35 bits per heavy atom. The van der Waals surface area contributed by atoms with Crippen molar-refractivity contribution in [3.8, 4) is 0 Å². The van der Waals surface area contributed by atoms with Crippen LogP contribution in [0.2, 0.25) is 13.3 Å². The number of benzene rings is 1. The molecule has 2 heteroatoms. The molecule has 0 fully saturated rings. The molecule has 130 valence electrons. The van der Waals surface area contributed by atoms with Crippen molar-refractivity contribution in [1.82, 2.24) is 0 Å². The Morgan fingerprint density at radius 3 is 1.74 bits per heavy atom. The van der Waals surface area contributed by atoms with Gasteiger partial charge in [-0.15, -0.1) is 0 Å². The van der Waals surface area contributed by atoms with Crippen LogP contribution in [0.4, 0.5) is 0 Å². The molecule has 0 atom stereocenters. The third-order valence-electron chi connectivity index (χ3n) is 4.60. The van der Waals surface area contributed by atoms with Gasteiger partial charge in [0.15, 0.2) is 0 Å². The molecule has 23 heavy (non-hydrogen) atoms. The van der Waals surface area contributed by atoms with Crippen LogP contribution >= 0.6 is 0 Å². The van der Waals surface area contributed by atoms with Gasteiger partial charge < -0.3 is 0 Å². The SMILES string of the molecule is C/C=C(/[O][Sn]([CH2]CCC)([CH2]CCC)[CH2]CCC)c1ccccc1. The molecule has 0 unspecified atom stereocenters. The van der Waals surface area contributed by atoms with E-state index < -0.39 is 18.8 Å². The summed E-state index contributed by atoms with van der Waals surface area (Å²) < 4.78 is 11.1. The molecule has 0 N–H and O–H groups in total. The molecule has 1 nitrogen and oxygen atoms in total. The normalized spacial score (nSPS) is 12.4. The van der Waals surface area contributed by atoms with Crippen molar-refractivity contribution < 1.29 is 3.07 Å². The van der Waals surface area contributed by atoms with Crippen molar-refractivity contribution in [2.45, 2.75) is 79.5 Å². The monoisotopic (exact) mass is 424 g/mol. The van der Waals surface area contributed by atoms with Gasteiger partial charge in [-0.25, -0.2) is 0 Å². The molecule has 0 heterocycles. The van der Waals surface area contributed by atoms with Gasteiger partial charge in [0.25, 0.3) is 0 Å². The van der Waals surface area contributed by atoms with Crippen LogP contribution in [0.3, 0.4) is 0 Å². The Labute approximate surface area is 148 Å². The molecular formula is C21H36OSn. The van der Waals surface area contributed by atoms with Gasteiger partial charge >= 0.3 is 149 Å². The van der Waals surface area contributed by atoms with Crippen LogP contribution in [0.5, 0.6) is 0 Å². The van der Waals surface area contributed by atoms with E-state index in [0.717, 1.165) is 5.76 Å². The average Bonchev–Trinajstić information content (AvgIpc) is 2.61. The standard InChI is InChI=1S/C9H10O.3C4H9.Sn/c1-2-9(10)8-6-4-3-5-7-8;3*1-3-4-2;/h2-7,10H,1H3;3*1,3-4H2,2H3;/q;;;;+1/p-1/b9-2+;;;;. The molecule has 0 spiro atoms. The molecule has 0 aliphatic carbocycles. The Morgan fingerprint density at radius 1 is 0.870 bits per heavy atom. The summed E-state index contributed by atoms with van der Waals surface area (Å²) in [5, 5.41) is 0. The van der Waals surface area contributed by atoms with Gasteiger partial charge in [0.05, 0.1) is 0 Å². The average molecular weight is 423 g/mol. The van der Waals surface area contributed by atoms with Crippen molar-refractivity contribution in [2.75, 3.05) is 0 Å². The fourth-order valence-corrected chi connectivity index (χ4v) is 16.7. The van der Waals surface area contributed by atoms with Gasteiger partial charge in [0, 0.05) is 0 Å². The summed E-state index contributed by atoms with van der Waals surface area (Å²) >= 11 is -2.57. The molecule has 0 saturated carbocycles. The van der Waals surface area contributed by atoms with E-state index in [-0.39, 0.29) is 0 Å². The molecule has 0 amide bonds. The molecule has 0 aliphatic heterocycles. The van der Waals surface area contributed by atoms with Gasteiger partial charge in [-0.2, -0.15) is 0 Å². The topological polar surface area (TPSA) is 9.23 Å². The van der Waals surface area contributed by atoms with E-state index in [1.54, 1.807) is 0 Å². The first-order valence-electron chi connectivity index (χ1n) is 9.62. The quantitative estimate of drug-likeness (QED) is 0.251. The van der Waals surface area contributed by atoms with Crippen molar-refractivity contribution in [2.24, 2.45) is 0 Å². The Kier molecular flexibility index (Phi) is 10.7. The number of rotatable bonds is 12. The van der Waals surface area contributed by atoms with Crippen molar-refractivity contribution in [3.63, 3.8) is 0 Å². The van der Waals surface area contributed by atoms with Crippen LogP contribution in [-0.2, 0) is 3.07 Å². The number of hydrogen-bond acceptors (Lipinski definition) is 1. The minimum absolute atomic E-state index is 1.14. The first-order chi connectivity index (χ1) is 11.2. The van der Waals surface area contributed by atoms with Gasteiger partial charge in [-0.05, 0) is 0 Å². The molecule has 0 saturated heterocycles. The summed E-state index contributed by atoms with van der Waals surface area (Å²) in [4.78, 5) is 0. The maximum absolute atomic E-state index is 6.95. The van der Waals surface area contributed by atoms with Gasteiger partial charge in [-0.1, -0.05) is 0 Å². The van der Waals surface area contributed by atoms with E-state index in [0.29, 0.717) is 0 Å². The fraction of sp³-hybridized carbons (Fsp3) is 0.619. The molecule has 0 radical (unpaired) electrons. The predicted molar refractivity (Wildman–Crippen MR) is 106 cm³/mol.